The normalized spacial score (nSPS) is 18.3. The smallest absolute Gasteiger partial charge is 0.325 e. The Hall–Kier alpha value is -1.50. The van der Waals surface area contributed by atoms with Gasteiger partial charge >= 0.3 is 6.03 Å². The highest BCUT2D eigenvalue weighted by Gasteiger charge is 2.44. The van der Waals surface area contributed by atoms with Gasteiger partial charge in [0.05, 0.1) is 11.6 Å². The van der Waals surface area contributed by atoms with Crippen molar-refractivity contribution in [2.45, 2.75) is 25.5 Å². The van der Waals surface area contributed by atoms with Gasteiger partial charge in [-0.05, 0) is 32.0 Å². The van der Waals surface area contributed by atoms with Gasteiger partial charge in [-0.15, -0.1) is 0 Å². The van der Waals surface area contributed by atoms with Gasteiger partial charge < -0.3 is 15.2 Å². The molecule has 1 aromatic carbocycles. The molecule has 0 aromatic heterocycles. The van der Waals surface area contributed by atoms with Crippen LogP contribution in [0.3, 0.4) is 0 Å². The number of halogens is 2. The molecule has 1 fully saturated rings. The molecular weight excluding hydrogens is 331 g/mol. The molecule has 1 saturated heterocycles. The van der Waals surface area contributed by atoms with E-state index in [4.69, 9.17) is 27.9 Å². The summed E-state index contributed by atoms with van der Waals surface area (Å²) in [5.41, 5.74) is -0.961. The van der Waals surface area contributed by atoms with Crippen molar-refractivity contribution in [1.29, 1.82) is 0 Å². The lowest BCUT2D eigenvalue weighted by molar-refractivity contribution is -0.131. The summed E-state index contributed by atoms with van der Waals surface area (Å²) in [7, 11) is 0. The predicted octanol–water partition coefficient (Wildman–Crippen LogP) is 2.06. The first-order chi connectivity index (χ1) is 10.2. The van der Waals surface area contributed by atoms with E-state index < -0.39 is 17.7 Å². The van der Waals surface area contributed by atoms with Crippen LogP contribution in [0.4, 0.5) is 4.79 Å². The summed E-state index contributed by atoms with van der Waals surface area (Å²) in [6, 6.07) is 4.17. The quantitative estimate of drug-likeness (QED) is 0.800. The van der Waals surface area contributed by atoms with Crippen LogP contribution in [0.15, 0.2) is 18.2 Å². The second-order valence-corrected chi connectivity index (χ2v) is 6.35. The summed E-state index contributed by atoms with van der Waals surface area (Å²) < 4.78 is 5.38. The van der Waals surface area contributed by atoms with Gasteiger partial charge in [0, 0.05) is 5.02 Å². The Balaban J connectivity index is 1.92. The van der Waals surface area contributed by atoms with Crippen LogP contribution in [-0.4, -0.2) is 46.7 Å². The molecule has 1 aliphatic rings. The van der Waals surface area contributed by atoms with Crippen molar-refractivity contribution in [3.63, 3.8) is 0 Å². The molecule has 0 spiro atoms. The highest BCUT2D eigenvalue weighted by atomic mass is 35.5. The zero-order chi connectivity index (χ0) is 16.5. The lowest BCUT2D eigenvalue weighted by Crippen LogP contribution is -2.42. The summed E-state index contributed by atoms with van der Waals surface area (Å²) in [5, 5.41) is 13.3. The molecular formula is C14H16Cl2N2O4. The fraction of sp³-hybridized carbons (Fsp3) is 0.429. The molecule has 22 heavy (non-hydrogen) atoms. The molecule has 0 aliphatic carbocycles. The molecule has 0 unspecified atom stereocenters. The van der Waals surface area contributed by atoms with E-state index in [1.165, 1.54) is 6.07 Å². The molecule has 1 aromatic rings. The fourth-order valence-electron chi connectivity index (χ4n) is 2.03. The average Bonchev–Trinajstić information content (AvgIpc) is 2.60. The van der Waals surface area contributed by atoms with Crippen LogP contribution in [0.5, 0.6) is 5.75 Å². The first-order valence-electron chi connectivity index (χ1n) is 6.61. The summed E-state index contributed by atoms with van der Waals surface area (Å²) >= 11 is 11.7. The standard InChI is InChI=1S/C14H16Cl2N2O4/c1-14(2)12(20)18(13(21)17-14)6-9(19)7-22-11-4-3-8(15)5-10(11)16/h3-5,9,19H,6-7H2,1-2H3,(H,17,21)/t9-/m1/s1. The van der Waals surface area contributed by atoms with Crippen LogP contribution in [-0.2, 0) is 4.79 Å². The van der Waals surface area contributed by atoms with E-state index in [1.54, 1.807) is 26.0 Å². The van der Waals surface area contributed by atoms with E-state index >= 15 is 0 Å². The molecule has 8 heteroatoms. The van der Waals surface area contributed by atoms with Gasteiger partial charge in [-0.1, -0.05) is 23.2 Å². The molecule has 0 bridgehead atoms. The van der Waals surface area contributed by atoms with Crippen LogP contribution in [0, 0.1) is 0 Å². The molecule has 2 rings (SSSR count). The van der Waals surface area contributed by atoms with Gasteiger partial charge in [0.25, 0.3) is 5.91 Å². The van der Waals surface area contributed by atoms with Gasteiger partial charge in [0.2, 0.25) is 0 Å². The Kier molecular flexibility index (Phi) is 4.84. The number of nitrogens with one attached hydrogen (secondary N) is 1. The number of carbonyl (C=O) groups excluding carboxylic acids is 2. The van der Waals surface area contributed by atoms with Crippen molar-refractivity contribution in [2.75, 3.05) is 13.2 Å². The lowest BCUT2D eigenvalue weighted by Gasteiger charge is -2.19. The SMILES string of the molecule is CC1(C)NC(=O)N(C[C@@H](O)COc2ccc(Cl)cc2Cl)C1=O. The van der Waals surface area contributed by atoms with Gasteiger partial charge in [-0.3, -0.25) is 9.69 Å². The molecule has 0 radical (unpaired) electrons. The number of hydrogen-bond donors (Lipinski definition) is 2. The number of hydrogen-bond acceptors (Lipinski definition) is 4. The van der Waals surface area contributed by atoms with Crippen molar-refractivity contribution < 1.29 is 19.4 Å². The number of ether oxygens (including phenoxy) is 1. The van der Waals surface area contributed by atoms with Gasteiger partial charge in [-0.2, -0.15) is 0 Å². The maximum atomic E-state index is 12.0. The largest absolute Gasteiger partial charge is 0.489 e. The first-order valence-corrected chi connectivity index (χ1v) is 7.36. The van der Waals surface area contributed by atoms with E-state index in [9.17, 15) is 14.7 Å². The molecule has 0 saturated carbocycles. The zero-order valence-electron chi connectivity index (χ0n) is 12.1. The third-order valence-electron chi connectivity index (χ3n) is 3.16. The van der Waals surface area contributed by atoms with Crippen molar-refractivity contribution in [3.8, 4) is 5.75 Å². The summed E-state index contributed by atoms with van der Waals surface area (Å²) in [6.07, 6.45) is -1.03. The second kappa shape index (κ2) is 6.32. The number of urea groups is 1. The van der Waals surface area contributed by atoms with Gasteiger partial charge in [0.15, 0.2) is 0 Å². The van der Waals surface area contributed by atoms with Crippen LogP contribution in [0.1, 0.15) is 13.8 Å². The Labute approximate surface area is 137 Å². The number of β-amino-alcohol motifs (C(OH)–C–C–N with tert-alkyl or cyclic N) is 1. The molecule has 2 N–H and O–H groups in total. The van der Waals surface area contributed by atoms with Crippen LogP contribution >= 0.6 is 23.2 Å². The fourth-order valence-corrected chi connectivity index (χ4v) is 2.49. The molecule has 1 heterocycles. The third kappa shape index (κ3) is 3.63. The molecule has 1 atom stereocenters. The first kappa shape index (κ1) is 16.9. The Morgan fingerprint density at radius 3 is 2.59 bits per heavy atom. The van der Waals surface area contributed by atoms with Crippen molar-refractivity contribution in [1.82, 2.24) is 10.2 Å². The monoisotopic (exact) mass is 346 g/mol. The highest BCUT2D eigenvalue weighted by Crippen LogP contribution is 2.27. The number of carbonyl (C=O) groups is 2. The van der Waals surface area contributed by atoms with Gasteiger partial charge in [0.1, 0.15) is 24.0 Å². The van der Waals surface area contributed by atoms with E-state index in [0.717, 1.165) is 4.90 Å². The number of rotatable bonds is 5. The Bertz CT molecular complexity index is 607. The summed E-state index contributed by atoms with van der Waals surface area (Å²) in [6.45, 7) is 2.94. The van der Waals surface area contributed by atoms with E-state index in [2.05, 4.69) is 5.32 Å². The predicted molar refractivity (Wildman–Crippen MR) is 82.3 cm³/mol. The molecule has 120 valence electrons. The van der Waals surface area contributed by atoms with E-state index in [0.29, 0.717) is 15.8 Å². The minimum absolute atomic E-state index is 0.112. The van der Waals surface area contributed by atoms with Crippen LogP contribution in [0.25, 0.3) is 0 Å². The molecule has 1 aliphatic heterocycles. The van der Waals surface area contributed by atoms with Crippen molar-refractivity contribution >= 4 is 35.1 Å². The summed E-state index contributed by atoms with van der Waals surface area (Å²) in [4.78, 5) is 24.7. The van der Waals surface area contributed by atoms with Crippen LogP contribution in [0.2, 0.25) is 10.0 Å². The average molecular weight is 347 g/mol. The van der Waals surface area contributed by atoms with Gasteiger partial charge in [-0.25, -0.2) is 4.79 Å². The number of amides is 3. The van der Waals surface area contributed by atoms with Crippen LogP contribution < -0.4 is 10.1 Å². The van der Waals surface area contributed by atoms with E-state index in [1.807, 2.05) is 0 Å². The Morgan fingerprint density at radius 1 is 1.36 bits per heavy atom. The number of aliphatic hydroxyl groups is 1. The number of imide groups is 1. The minimum Gasteiger partial charge on any atom is -0.489 e. The maximum Gasteiger partial charge on any atom is 0.325 e. The maximum absolute atomic E-state index is 12.0. The second-order valence-electron chi connectivity index (χ2n) is 5.51. The Morgan fingerprint density at radius 2 is 2.05 bits per heavy atom. The van der Waals surface area contributed by atoms with Crippen molar-refractivity contribution in [2.24, 2.45) is 0 Å². The van der Waals surface area contributed by atoms with E-state index in [-0.39, 0.29) is 19.1 Å². The topological polar surface area (TPSA) is 78.9 Å². The minimum atomic E-state index is -1.03. The number of benzene rings is 1. The number of aliphatic hydroxyl groups excluding tert-OH is 1. The molecule has 3 amide bonds. The molecule has 6 nitrogen and oxygen atoms in total. The summed E-state index contributed by atoms with van der Waals surface area (Å²) in [5.74, 6) is -0.0243. The number of nitrogens with zero attached hydrogens (tertiary/aromatic N) is 1. The highest BCUT2D eigenvalue weighted by molar-refractivity contribution is 6.35. The zero-order valence-corrected chi connectivity index (χ0v) is 13.6. The lowest BCUT2D eigenvalue weighted by atomic mass is 10.1. The van der Waals surface area contributed by atoms with Crippen molar-refractivity contribution in [3.05, 3.63) is 28.2 Å². The third-order valence-corrected chi connectivity index (χ3v) is 3.69.